The van der Waals surface area contributed by atoms with Gasteiger partial charge in [0.15, 0.2) is 0 Å². The molecule has 0 saturated heterocycles. The van der Waals surface area contributed by atoms with Gasteiger partial charge in [-0.1, -0.05) is 6.07 Å². The van der Waals surface area contributed by atoms with E-state index < -0.39 is 0 Å². The molecule has 0 radical (unpaired) electrons. The summed E-state index contributed by atoms with van der Waals surface area (Å²) < 4.78 is 0.974. The van der Waals surface area contributed by atoms with Crippen LogP contribution in [-0.4, -0.2) is 16.5 Å². The Morgan fingerprint density at radius 2 is 2.20 bits per heavy atom. The van der Waals surface area contributed by atoms with E-state index in [2.05, 4.69) is 36.9 Å². The zero-order valence-corrected chi connectivity index (χ0v) is 12.8. The Balaban J connectivity index is 2.28. The Kier molecular flexibility index (Phi) is 5.08. The molecule has 2 heterocycles. The third kappa shape index (κ3) is 3.55. The van der Waals surface area contributed by atoms with Crippen LogP contribution in [0.25, 0.3) is 0 Å². The first kappa shape index (κ1) is 14.5. The number of pyridine rings is 2. The minimum Gasteiger partial charge on any atom is -0.350 e. The summed E-state index contributed by atoms with van der Waals surface area (Å²) in [5.74, 6) is 0.865. The van der Waals surface area contributed by atoms with Crippen molar-refractivity contribution in [3.8, 4) is 6.07 Å². The second kappa shape index (κ2) is 7.01. The van der Waals surface area contributed by atoms with Crippen molar-refractivity contribution in [2.24, 2.45) is 0 Å². The fourth-order valence-corrected chi connectivity index (χ4v) is 2.39. The molecule has 0 amide bonds. The van der Waals surface area contributed by atoms with Gasteiger partial charge in [-0.15, -0.1) is 0 Å². The molecule has 0 spiro atoms. The first-order chi connectivity index (χ1) is 9.72. The quantitative estimate of drug-likeness (QED) is 0.842. The maximum atomic E-state index is 8.83. The van der Waals surface area contributed by atoms with Crippen LogP contribution >= 0.6 is 15.9 Å². The van der Waals surface area contributed by atoms with Crippen LogP contribution in [-0.2, 0) is 6.54 Å². The molecular weight excluding hydrogens is 316 g/mol. The Morgan fingerprint density at radius 3 is 2.90 bits per heavy atom. The standard InChI is InChI=1S/C15H15BrN4/c1-12-5-8-19-15(14(12)16)20(9-3-6-17)11-13-4-2-7-18-10-13/h2,4-5,7-8,10H,3,9,11H2,1H3. The van der Waals surface area contributed by atoms with Gasteiger partial charge in [0.2, 0.25) is 0 Å². The lowest BCUT2D eigenvalue weighted by molar-refractivity contribution is 0.777. The molecule has 0 aliphatic rings. The number of nitrogens with zero attached hydrogens (tertiary/aromatic N) is 4. The molecular formula is C15H15BrN4. The van der Waals surface area contributed by atoms with Crippen LogP contribution in [0, 0.1) is 18.3 Å². The highest BCUT2D eigenvalue weighted by molar-refractivity contribution is 9.10. The zero-order chi connectivity index (χ0) is 14.4. The van der Waals surface area contributed by atoms with Crippen LogP contribution < -0.4 is 4.90 Å². The van der Waals surface area contributed by atoms with Crippen molar-refractivity contribution in [2.75, 3.05) is 11.4 Å². The molecule has 0 saturated carbocycles. The van der Waals surface area contributed by atoms with Crippen molar-refractivity contribution in [1.29, 1.82) is 5.26 Å². The lowest BCUT2D eigenvalue weighted by Crippen LogP contribution is -2.25. The molecule has 2 aromatic rings. The van der Waals surface area contributed by atoms with Crippen molar-refractivity contribution in [3.05, 3.63) is 52.4 Å². The molecule has 0 bridgehead atoms. The molecule has 2 rings (SSSR count). The minimum atomic E-state index is 0.461. The number of anilines is 1. The summed E-state index contributed by atoms with van der Waals surface area (Å²) in [7, 11) is 0. The third-order valence-corrected chi connectivity index (χ3v) is 3.93. The van der Waals surface area contributed by atoms with E-state index in [1.165, 1.54) is 0 Å². The molecule has 0 fully saturated rings. The van der Waals surface area contributed by atoms with E-state index >= 15 is 0 Å². The molecule has 0 aliphatic heterocycles. The van der Waals surface area contributed by atoms with Gasteiger partial charge < -0.3 is 4.90 Å². The molecule has 2 aromatic heterocycles. The Hall–Kier alpha value is -1.93. The number of nitriles is 1. The maximum absolute atomic E-state index is 8.83. The second-order valence-corrected chi connectivity index (χ2v) is 5.25. The Labute approximate surface area is 127 Å². The van der Waals surface area contributed by atoms with Gasteiger partial charge >= 0.3 is 0 Å². The van der Waals surface area contributed by atoms with Gasteiger partial charge in [0.1, 0.15) is 5.82 Å². The molecule has 0 N–H and O–H groups in total. The molecule has 102 valence electrons. The molecule has 0 aromatic carbocycles. The maximum Gasteiger partial charge on any atom is 0.143 e. The van der Waals surface area contributed by atoms with Gasteiger partial charge in [0.25, 0.3) is 0 Å². The van der Waals surface area contributed by atoms with Crippen molar-refractivity contribution < 1.29 is 0 Å². The van der Waals surface area contributed by atoms with E-state index in [9.17, 15) is 0 Å². The predicted molar refractivity (Wildman–Crippen MR) is 82.2 cm³/mol. The van der Waals surface area contributed by atoms with Crippen LogP contribution in [0.4, 0.5) is 5.82 Å². The summed E-state index contributed by atoms with van der Waals surface area (Å²) in [6, 6.07) is 8.08. The highest BCUT2D eigenvalue weighted by Gasteiger charge is 2.13. The Morgan fingerprint density at radius 1 is 1.35 bits per heavy atom. The number of halogens is 1. The van der Waals surface area contributed by atoms with Gasteiger partial charge in [0, 0.05) is 31.7 Å². The average Bonchev–Trinajstić information content (AvgIpc) is 2.48. The SMILES string of the molecule is Cc1ccnc(N(CCC#N)Cc2cccnc2)c1Br. The smallest absolute Gasteiger partial charge is 0.143 e. The van der Waals surface area contributed by atoms with Crippen LogP contribution in [0.3, 0.4) is 0 Å². The van der Waals surface area contributed by atoms with Gasteiger partial charge in [-0.25, -0.2) is 4.98 Å². The average molecular weight is 331 g/mol. The largest absolute Gasteiger partial charge is 0.350 e. The molecule has 0 atom stereocenters. The fraction of sp³-hybridized carbons (Fsp3) is 0.267. The van der Waals surface area contributed by atoms with Crippen LogP contribution in [0.1, 0.15) is 17.5 Å². The molecule has 20 heavy (non-hydrogen) atoms. The minimum absolute atomic E-state index is 0.461. The van der Waals surface area contributed by atoms with Crippen LogP contribution in [0.2, 0.25) is 0 Å². The van der Waals surface area contributed by atoms with Crippen molar-refractivity contribution >= 4 is 21.7 Å². The monoisotopic (exact) mass is 330 g/mol. The fourth-order valence-electron chi connectivity index (χ4n) is 1.90. The lowest BCUT2D eigenvalue weighted by Gasteiger charge is -2.24. The van der Waals surface area contributed by atoms with Crippen LogP contribution in [0.5, 0.6) is 0 Å². The topological polar surface area (TPSA) is 52.8 Å². The third-order valence-electron chi connectivity index (χ3n) is 2.95. The van der Waals surface area contributed by atoms with Crippen molar-refractivity contribution in [3.63, 3.8) is 0 Å². The lowest BCUT2D eigenvalue weighted by atomic mass is 10.2. The Bertz CT molecular complexity index is 607. The first-order valence-electron chi connectivity index (χ1n) is 6.34. The van der Waals surface area contributed by atoms with E-state index in [1.54, 1.807) is 12.4 Å². The number of rotatable bonds is 5. The highest BCUT2D eigenvalue weighted by Crippen LogP contribution is 2.28. The highest BCUT2D eigenvalue weighted by atomic mass is 79.9. The van der Waals surface area contributed by atoms with E-state index in [-0.39, 0.29) is 0 Å². The van der Waals surface area contributed by atoms with Gasteiger partial charge in [-0.2, -0.15) is 5.26 Å². The summed E-state index contributed by atoms with van der Waals surface area (Å²) in [6.07, 6.45) is 5.84. The normalized spacial score (nSPS) is 10.1. The number of hydrogen-bond acceptors (Lipinski definition) is 4. The summed E-state index contributed by atoms with van der Waals surface area (Å²) in [5, 5.41) is 8.83. The molecule has 0 unspecified atom stereocenters. The molecule has 5 heteroatoms. The van der Waals surface area contributed by atoms with Gasteiger partial charge in [0.05, 0.1) is 17.0 Å². The van der Waals surface area contributed by atoms with E-state index in [1.807, 2.05) is 31.3 Å². The number of hydrogen-bond donors (Lipinski definition) is 0. The van der Waals surface area contributed by atoms with E-state index in [0.29, 0.717) is 19.5 Å². The summed E-state index contributed by atoms with van der Waals surface area (Å²) in [4.78, 5) is 10.7. The van der Waals surface area contributed by atoms with Gasteiger partial charge in [-0.3, -0.25) is 4.98 Å². The number of aryl methyl sites for hydroxylation is 1. The summed E-state index contributed by atoms with van der Waals surface area (Å²) in [5.41, 5.74) is 2.23. The van der Waals surface area contributed by atoms with E-state index in [4.69, 9.17) is 5.26 Å². The predicted octanol–water partition coefficient (Wildman–Crippen LogP) is 3.47. The molecule has 0 aliphatic carbocycles. The van der Waals surface area contributed by atoms with Crippen molar-refractivity contribution in [2.45, 2.75) is 19.9 Å². The number of aromatic nitrogens is 2. The van der Waals surface area contributed by atoms with Gasteiger partial charge in [-0.05, 0) is 46.1 Å². The van der Waals surface area contributed by atoms with E-state index in [0.717, 1.165) is 21.4 Å². The summed E-state index contributed by atoms with van der Waals surface area (Å²) >= 11 is 3.58. The first-order valence-corrected chi connectivity index (χ1v) is 7.13. The zero-order valence-electron chi connectivity index (χ0n) is 11.3. The molecule has 4 nitrogen and oxygen atoms in total. The second-order valence-electron chi connectivity index (χ2n) is 4.46. The van der Waals surface area contributed by atoms with Crippen molar-refractivity contribution in [1.82, 2.24) is 9.97 Å². The van der Waals surface area contributed by atoms with Crippen LogP contribution in [0.15, 0.2) is 41.3 Å². The summed E-state index contributed by atoms with van der Waals surface area (Å²) in [6.45, 7) is 3.35.